The summed E-state index contributed by atoms with van der Waals surface area (Å²) in [6, 6.07) is 15.3. The lowest BCUT2D eigenvalue weighted by Gasteiger charge is -2.19. The molecule has 2 aromatic rings. The third-order valence-electron chi connectivity index (χ3n) is 3.50. The Labute approximate surface area is 151 Å². The summed E-state index contributed by atoms with van der Waals surface area (Å²) in [4.78, 5) is 11.8. The SMILES string of the molecule is CC(C)(C)c1ccc(OCCNC(=O)Nc2ccccc2Br)cc1. The summed E-state index contributed by atoms with van der Waals surface area (Å²) in [6.45, 7) is 7.37. The quantitative estimate of drug-likeness (QED) is 0.709. The van der Waals surface area contributed by atoms with Gasteiger partial charge in [-0.2, -0.15) is 0 Å². The Bertz CT molecular complexity index is 679. The molecule has 0 saturated carbocycles. The van der Waals surface area contributed by atoms with Crippen LogP contribution in [0.25, 0.3) is 0 Å². The van der Waals surface area contributed by atoms with E-state index in [1.165, 1.54) is 5.56 Å². The van der Waals surface area contributed by atoms with Crippen molar-refractivity contribution in [1.29, 1.82) is 0 Å². The van der Waals surface area contributed by atoms with E-state index in [4.69, 9.17) is 4.74 Å². The maximum atomic E-state index is 11.8. The van der Waals surface area contributed by atoms with Gasteiger partial charge in [0.15, 0.2) is 0 Å². The molecule has 0 aliphatic carbocycles. The largest absolute Gasteiger partial charge is 0.492 e. The summed E-state index contributed by atoms with van der Waals surface area (Å²) in [5.74, 6) is 0.802. The second kappa shape index (κ2) is 8.20. The van der Waals surface area contributed by atoms with Crippen LogP contribution in [-0.4, -0.2) is 19.2 Å². The first-order chi connectivity index (χ1) is 11.4. The molecule has 5 heteroatoms. The average molecular weight is 391 g/mol. The Morgan fingerprint density at radius 2 is 1.75 bits per heavy atom. The van der Waals surface area contributed by atoms with E-state index in [0.29, 0.717) is 13.2 Å². The lowest BCUT2D eigenvalue weighted by molar-refractivity contribution is 0.247. The number of anilines is 1. The lowest BCUT2D eigenvalue weighted by Crippen LogP contribution is -2.32. The standard InChI is InChI=1S/C19H23BrN2O2/c1-19(2,3)14-8-10-15(11-9-14)24-13-12-21-18(23)22-17-7-5-4-6-16(17)20/h4-11H,12-13H2,1-3H3,(H2,21,22,23). The molecular weight excluding hydrogens is 368 g/mol. The number of ether oxygens (including phenoxy) is 1. The van der Waals surface area contributed by atoms with E-state index < -0.39 is 0 Å². The highest BCUT2D eigenvalue weighted by atomic mass is 79.9. The molecule has 0 spiro atoms. The fraction of sp³-hybridized carbons (Fsp3) is 0.316. The molecule has 24 heavy (non-hydrogen) atoms. The van der Waals surface area contributed by atoms with Crippen molar-refractivity contribution in [2.45, 2.75) is 26.2 Å². The number of benzene rings is 2. The van der Waals surface area contributed by atoms with Crippen LogP contribution in [0.4, 0.5) is 10.5 Å². The number of hydrogen-bond donors (Lipinski definition) is 2. The molecule has 0 bridgehead atoms. The van der Waals surface area contributed by atoms with Crippen LogP contribution in [-0.2, 0) is 5.41 Å². The second-order valence-corrected chi connectivity index (χ2v) is 7.34. The topological polar surface area (TPSA) is 50.4 Å². The summed E-state index contributed by atoms with van der Waals surface area (Å²) >= 11 is 3.39. The molecular formula is C19H23BrN2O2. The average Bonchev–Trinajstić information content (AvgIpc) is 2.53. The van der Waals surface area contributed by atoms with Crippen molar-refractivity contribution >= 4 is 27.6 Å². The Balaban J connectivity index is 1.73. The molecule has 0 atom stereocenters. The van der Waals surface area contributed by atoms with Gasteiger partial charge in [0.05, 0.1) is 12.2 Å². The van der Waals surface area contributed by atoms with Crippen molar-refractivity contribution in [3.05, 3.63) is 58.6 Å². The third-order valence-corrected chi connectivity index (χ3v) is 4.19. The van der Waals surface area contributed by atoms with Gasteiger partial charge in [-0.3, -0.25) is 0 Å². The number of amides is 2. The van der Waals surface area contributed by atoms with Crippen molar-refractivity contribution < 1.29 is 9.53 Å². The van der Waals surface area contributed by atoms with E-state index in [-0.39, 0.29) is 11.4 Å². The summed E-state index contributed by atoms with van der Waals surface area (Å²) in [6.07, 6.45) is 0. The Kier molecular flexibility index (Phi) is 6.26. The van der Waals surface area contributed by atoms with Gasteiger partial charge in [0, 0.05) is 4.47 Å². The minimum absolute atomic E-state index is 0.129. The first kappa shape index (κ1) is 18.3. The van der Waals surface area contributed by atoms with Gasteiger partial charge < -0.3 is 15.4 Å². The molecule has 2 amide bonds. The van der Waals surface area contributed by atoms with Crippen molar-refractivity contribution in [3.8, 4) is 5.75 Å². The fourth-order valence-electron chi connectivity index (χ4n) is 2.11. The van der Waals surface area contributed by atoms with E-state index in [9.17, 15) is 4.79 Å². The smallest absolute Gasteiger partial charge is 0.319 e. The number of carbonyl (C=O) groups excluding carboxylic acids is 1. The first-order valence-corrected chi connectivity index (χ1v) is 8.68. The van der Waals surface area contributed by atoms with Gasteiger partial charge in [-0.1, -0.05) is 45.0 Å². The number of rotatable bonds is 5. The van der Waals surface area contributed by atoms with E-state index in [0.717, 1.165) is 15.9 Å². The van der Waals surface area contributed by atoms with E-state index >= 15 is 0 Å². The molecule has 0 radical (unpaired) electrons. The van der Waals surface area contributed by atoms with Gasteiger partial charge in [0.1, 0.15) is 12.4 Å². The molecule has 128 valence electrons. The van der Waals surface area contributed by atoms with Crippen LogP contribution < -0.4 is 15.4 Å². The van der Waals surface area contributed by atoms with Crippen LogP contribution in [0.5, 0.6) is 5.75 Å². The molecule has 2 aromatic carbocycles. The van der Waals surface area contributed by atoms with E-state index in [1.807, 2.05) is 36.4 Å². The predicted octanol–water partition coefficient (Wildman–Crippen LogP) is 4.95. The summed E-state index contributed by atoms with van der Waals surface area (Å²) in [5.41, 5.74) is 2.12. The summed E-state index contributed by atoms with van der Waals surface area (Å²) in [5, 5.41) is 5.55. The van der Waals surface area contributed by atoms with Gasteiger partial charge in [-0.25, -0.2) is 4.79 Å². The van der Waals surface area contributed by atoms with Crippen molar-refractivity contribution in [2.75, 3.05) is 18.5 Å². The minimum atomic E-state index is -0.256. The lowest BCUT2D eigenvalue weighted by atomic mass is 9.87. The molecule has 0 saturated heterocycles. The predicted molar refractivity (Wildman–Crippen MR) is 102 cm³/mol. The van der Waals surface area contributed by atoms with Crippen LogP contribution in [0.3, 0.4) is 0 Å². The molecule has 0 aliphatic rings. The highest BCUT2D eigenvalue weighted by Crippen LogP contribution is 2.24. The Hall–Kier alpha value is -2.01. The number of urea groups is 1. The molecule has 0 aromatic heterocycles. The molecule has 2 N–H and O–H groups in total. The maximum absolute atomic E-state index is 11.8. The fourth-order valence-corrected chi connectivity index (χ4v) is 2.50. The Morgan fingerprint density at radius 3 is 2.38 bits per heavy atom. The monoisotopic (exact) mass is 390 g/mol. The zero-order valence-electron chi connectivity index (χ0n) is 14.2. The van der Waals surface area contributed by atoms with Gasteiger partial charge >= 0.3 is 6.03 Å². The van der Waals surface area contributed by atoms with Gasteiger partial charge in [0.25, 0.3) is 0 Å². The highest BCUT2D eigenvalue weighted by molar-refractivity contribution is 9.10. The molecule has 4 nitrogen and oxygen atoms in total. The van der Waals surface area contributed by atoms with Gasteiger partial charge in [-0.05, 0) is 51.2 Å². The van der Waals surface area contributed by atoms with Gasteiger partial charge in [-0.15, -0.1) is 0 Å². The first-order valence-electron chi connectivity index (χ1n) is 7.89. The molecule has 0 unspecified atom stereocenters. The number of halogens is 1. The van der Waals surface area contributed by atoms with Crippen molar-refractivity contribution in [3.63, 3.8) is 0 Å². The van der Waals surface area contributed by atoms with Crippen LogP contribution in [0.15, 0.2) is 53.0 Å². The normalized spacial score (nSPS) is 11.0. The van der Waals surface area contributed by atoms with Crippen molar-refractivity contribution in [1.82, 2.24) is 5.32 Å². The molecule has 0 heterocycles. The van der Waals surface area contributed by atoms with Crippen LogP contribution in [0.2, 0.25) is 0 Å². The number of hydrogen-bond acceptors (Lipinski definition) is 2. The Morgan fingerprint density at radius 1 is 1.08 bits per heavy atom. The van der Waals surface area contributed by atoms with Crippen LogP contribution >= 0.6 is 15.9 Å². The molecule has 2 rings (SSSR count). The van der Waals surface area contributed by atoms with Crippen LogP contribution in [0, 0.1) is 0 Å². The highest BCUT2D eigenvalue weighted by Gasteiger charge is 2.12. The summed E-state index contributed by atoms with van der Waals surface area (Å²) in [7, 11) is 0. The van der Waals surface area contributed by atoms with Crippen molar-refractivity contribution in [2.24, 2.45) is 0 Å². The van der Waals surface area contributed by atoms with E-state index in [2.05, 4.69) is 59.5 Å². The number of para-hydroxylation sites is 1. The molecule has 0 fully saturated rings. The summed E-state index contributed by atoms with van der Waals surface area (Å²) < 4.78 is 6.49. The van der Waals surface area contributed by atoms with Gasteiger partial charge in [0.2, 0.25) is 0 Å². The minimum Gasteiger partial charge on any atom is -0.492 e. The molecule has 0 aliphatic heterocycles. The third kappa shape index (κ3) is 5.57. The maximum Gasteiger partial charge on any atom is 0.319 e. The number of nitrogens with one attached hydrogen (secondary N) is 2. The second-order valence-electron chi connectivity index (χ2n) is 6.48. The zero-order valence-corrected chi connectivity index (χ0v) is 15.8. The zero-order chi connectivity index (χ0) is 17.6. The number of carbonyl (C=O) groups is 1. The van der Waals surface area contributed by atoms with Crippen LogP contribution in [0.1, 0.15) is 26.3 Å². The van der Waals surface area contributed by atoms with E-state index in [1.54, 1.807) is 0 Å².